The standard InChI is InChI=1S/C21H25NO4/c1-25-19-9-5-6-15(11-19)10-18(21(24)26-2)12-20(23)22-13-16-7-3-4-8-17(16)14-22/h3-6,9-11,16-17H,7-8,12-14H2,1-2H3/b18-10+/t16-,17+. The summed E-state index contributed by atoms with van der Waals surface area (Å²) in [4.78, 5) is 26.8. The van der Waals surface area contributed by atoms with Crippen molar-refractivity contribution in [2.45, 2.75) is 19.3 Å². The van der Waals surface area contributed by atoms with E-state index in [2.05, 4.69) is 12.2 Å². The molecule has 26 heavy (non-hydrogen) atoms. The molecule has 5 nitrogen and oxygen atoms in total. The van der Waals surface area contributed by atoms with Gasteiger partial charge < -0.3 is 14.4 Å². The molecule has 2 aliphatic rings. The molecule has 0 radical (unpaired) electrons. The number of rotatable bonds is 5. The van der Waals surface area contributed by atoms with E-state index in [1.807, 2.05) is 29.2 Å². The van der Waals surface area contributed by atoms with Crippen LogP contribution in [0.4, 0.5) is 0 Å². The van der Waals surface area contributed by atoms with Gasteiger partial charge in [-0.25, -0.2) is 4.79 Å². The number of benzene rings is 1. The van der Waals surface area contributed by atoms with E-state index in [1.54, 1.807) is 13.2 Å². The number of hydrogen-bond donors (Lipinski definition) is 0. The van der Waals surface area contributed by atoms with Crippen molar-refractivity contribution in [1.29, 1.82) is 0 Å². The Morgan fingerprint density at radius 3 is 2.46 bits per heavy atom. The van der Waals surface area contributed by atoms with Gasteiger partial charge >= 0.3 is 5.97 Å². The molecule has 1 aliphatic heterocycles. The lowest BCUT2D eigenvalue weighted by Gasteiger charge is -2.17. The topological polar surface area (TPSA) is 55.8 Å². The first-order valence-corrected chi connectivity index (χ1v) is 8.96. The smallest absolute Gasteiger partial charge is 0.334 e. The molecule has 1 fully saturated rings. The van der Waals surface area contributed by atoms with E-state index in [-0.39, 0.29) is 12.3 Å². The SMILES string of the molecule is COC(=O)/C(=C/c1cccc(OC)c1)CC(=O)N1C[C@H]2CC=CC[C@H]2C1. The number of amides is 1. The average Bonchev–Trinajstić information content (AvgIpc) is 3.11. The van der Waals surface area contributed by atoms with Crippen LogP contribution in [0, 0.1) is 11.8 Å². The van der Waals surface area contributed by atoms with Crippen LogP contribution in [-0.4, -0.2) is 44.1 Å². The molecule has 0 bridgehead atoms. The number of methoxy groups -OCH3 is 2. The number of ether oxygens (including phenoxy) is 2. The summed E-state index contributed by atoms with van der Waals surface area (Å²) in [7, 11) is 2.93. The van der Waals surface area contributed by atoms with Crippen LogP contribution in [0.3, 0.4) is 0 Å². The fourth-order valence-electron chi connectivity index (χ4n) is 3.74. The molecule has 0 unspecified atom stereocenters. The van der Waals surface area contributed by atoms with E-state index in [1.165, 1.54) is 7.11 Å². The minimum atomic E-state index is -0.473. The number of carbonyl (C=O) groups excluding carboxylic acids is 2. The Morgan fingerprint density at radius 2 is 1.85 bits per heavy atom. The van der Waals surface area contributed by atoms with Gasteiger partial charge in [0.05, 0.1) is 20.6 Å². The Hall–Kier alpha value is -2.56. The number of nitrogens with zero attached hydrogens (tertiary/aromatic N) is 1. The van der Waals surface area contributed by atoms with Crippen LogP contribution < -0.4 is 4.74 Å². The molecule has 0 spiro atoms. The average molecular weight is 355 g/mol. The number of hydrogen-bond acceptors (Lipinski definition) is 4. The summed E-state index contributed by atoms with van der Waals surface area (Å²) in [5.74, 6) is 1.31. The lowest BCUT2D eigenvalue weighted by Crippen LogP contribution is -2.30. The molecule has 138 valence electrons. The summed E-state index contributed by atoms with van der Waals surface area (Å²) >= 11 is 0. The highest BCUT2D eigenvalue weighted by molar-refractivity contribution is 5.99. The van der Waals surface area contributed by atoms with E-state index in [9.17, 15) is 9.59 Å². The normalized spacial score (nSPS) is 22.1. The van der Waals surface area contributed by atoms with Gasteiger partial charge in [-0.15, -0.1) is 0 Å². The van der Waals surface area contributed by atoms with E-state index < -0.39 is 5.97 Å². The number of carbonyl (C=O) groups is 2. The van der Waals surface area contributed by atoms with E-state index in [0.29, 0.717) is 23.2 Å². The monoisotopic (exact) mass is 355 g/mol. The molecule has 1 aliphatic carbocycles. The Labute approximate surface area is 154 Å². The summed E-state index contributed by atoms with van der Waals surface area (Å²) in [5, 5.41) is 0. The van der Waals surface area contributed by atoms with Crippen molar-refractivity contribution in [3.63, 3.8) is 0 Å². The number of esters is 1. The predicted octanol–water partition coefficient (Wildman–Crippen LogP) is 3.07. The quantitative estimate of drug-likeness (QED) is 0.463. The van der Waals surface area contributed by atoms with Gasteiger partial charge in [-0.05, 0) is 48.4 Å². The Morgan fingerprint density at radius 1 is 1.15 bits per heavy atom. The molecule has 0 saturated carbocycles. The maximum Gasteiger partial charge on any atom is 0.334 e. The van der Waals surface area contributed by atoms with Crippen LogP contribution in [0.15, 0.2) is 42.0 Å². The molecule has 1 aromatic carbocycles. The Balaban J connectivity index is 1.73. The summed E-state index contributed by atoms with van der Waals surface area (Å²) in [6, 6.07) is 7.37. The van der Waals surface area contributed by atoms with Gasteiger partial charge in [0.15, 0.2) is 0 Å². The van der Waals surface area contributed by atoms with Crippen molar-refractivity contribution in [2.24, 2.45) is 11.8 Å². The van der Waals surface area contributed by atoms with Crippen LogP contribution >= 0.6 is 0 Å². The van der Waals surface area contributed by atoms with Crippen LogP contribution in [0.25, 0.3) is 6.08 Å². The summed E-state index contributed by atoms with van der Waals surface area (Å²) in [6.45, 7) is 1.56. The molecule has 2 atom stereocenters. The second-order valence-electron chi connectivity index (χ2n) is 6.88. The van der Waals surface area contributed by atoms with Gasteiger partial charge in [0.1, 0.15) is 5.75 Å². The molecular weight excluding hydrogens is 330 g/mol. The summed E-state index contributed by atoms with van der Waals surface area (Å²) < 4.78 is 10.1. The zero-order valence-electron chi connectivity index (χ0n) is 15.3. The second kappa shape index (κ2) is 8.21. The lowest BCUT2D eigenvalue weighted by atomic mass is 9.86. The Bertz CT molecular complexity index is 721. The molecule has 5 heteroatoms. The van der Waals surface area contributed by atoms with Crippen molar-refractivity contribution in [1.82, 2.24) is 4.90 Å². The second-order valence-corrected chi connectivity index (χ2v) is 6.88. The van der Waals surface area contributed by atoms with E-state index in [4.69, 9.17) is 9.47 Å². The zero-order chi connectivity index (χ0) is 18.5. The minimum Gasteiger partial charge on any atom is -0.497 e. The number of fused-ring (bicyclic) bond motifs is 1. The largest absolute Gasteiger partial charge is 0.497 e. The van der Waals surface area contributed by atoms with Crippen molar-refractivity contribution < 1.29 is 19.1 Å². The van der Waals surface area contributed by atoms with Crippen LogP contribution in [0.1, 0.15) is 24.8 Å². The van der Waals surface area contributed by atoms with E-state index in [0.717, 1.165) is 31.5 Å². The molecule has 0 N–H and O–H groups in total. The maximum atomic E-state index is 12.8. The predicted molar refractivity (Wildman–Crippen MR) is 99.5 cm³/mol. The van der Waals surface area contributed by atoms with Gasteiger partial charge in [-0.2, -0.15) is 0 Å². The highest BCUT2D eigenvalue weighted by Crippen LogP contribution is 2.33. The number of allylic oxidation sites excluding steroid dienone is 2. The molecule has 3 rings (SSSR count). The molecule has 1 aromatic rings. The maximum absolute atomic E-state index is 12.8. The van der Waals surface area contributed by atoms with E-state index >= 15 is 0 Å². The zero-order valence-corrected chi connectivity index (χ0v) is 15.3. The van der Waals surface area contributed by atoms with Crippen LogP contribution in [0.5, 0.6) is 5.75 Å². The minimum absolute atomic E-state index is 0.0149. The van der Waals surface area contributed by atoms with Crippen LogP contribution in [0.2, 0.25) is 0 Å². The third kappa shape index (κ3) is 4.15. The van der Waals surface area contributed by atoms with Gasteiger partial charge in [-0.3, -0.25) is 4.79 Å². The third-order valence-corrected chi connectivity index (χ3v) is 5.20. The highest BCUT2D eigenvalue weighted by Gasteiger charge is 2.35. The fraction of sp³-hybridized carbons (Fsp3) is 0.429. The Kier molecular flexibility index (Phi) is 5.76. The highest BCUT2D eigenvalue weighted by atomic mass is 16.5. The van der Waals surface area contributed by atoms with Gasteiger partial charge in [0, 0.05) is 18.7 Å². The molecule has 1 heterocycles. The molecular formula is C21H25NO4. The van der Waals surface area contributed by atoms with Gasteiger partial charge in [0.25, 0.3) is 0 Å². The van der Waals surface area contributed by atoms with Crippen LogP contribution in [-0.2, 0) is 14.3 Å². The van der Waals surface area contributed by atoms with Crippen molar-refractivity contribution in [2.75, 3.05) is 27.3 Å². The van der Waals surface area contributed by atoms with Gasteiger partial charge in [0.2, 0.25) is 5.91 Å². The number of likely N-dealkylation sites (tertiary alicyclic amines) is 1. The first kappa shape index (κ1) is 18.2. The van der Waals surface area contributed by atoms with Crippen molar-refractivity contribution in [3.8, 4) is 5.75 Å². The first-order chi connectivity index (χ1) is 12.6. The third-order valence-electron chi connectivity index (χ3n) is 5.20. The molecule has 1 saturated heterocycles. The first-order valence-electron chi connectivity index (χ1n) is 8.96. The summed E-state index contributed by atoms with van der Waals surface area (Å²) in [5.41, 5.74) is 1.16. The van der Waals surface area contributed by atoms with Gasteiger partial charge in [-0.1, -0.05) is 24.3 Å². The lowest BCUT2D eigenvalue weighted by molar-refractivity contribution is -0.138. The summed E-state index contributed by atoms with van der Waals surface area (Å²) in [6.07, 6.45) is 8.25. The molecule has 1 amide bonds. The van der Waals surface area contributed by atoms with Crippen molar-refractivity contribution in [3.05, 3.63) is 47.6 Å². The van der Waals surface area contributed by atoms with Crippen molar-refractivity contribution >= 4 is 18.0 Å². The fourth-order valence-corrected chi connectivity index (χ4v) is 3.74. The molecule has 0 aromatic heterocycles.